The molecule has 0 saturated carbocycles. The molecule has 0 spiro atoms. The second-order valence-electron chi connectivity index (χ2n) is 3.47. The summed E-state index contributed by atoms with van der Waals surface area (Å²) in [5.74, 6) is -0.0907. The number of nitrogens with zero attached hydrogens (tertiary/aromatic N) is 3. The Balaban J connectivity index is 2.02. The fraction of sp³-hybridized carbons (Fsp3) is 0.0909. The highest BCUT2D eigenvalue weighted by atomic mass is 35.5. The summed E-state index contributed by atoms with van der Waals surface area (Å²) >= 11 is 5.79. The lowest BCUT2D eigenvalue weighted by molar-refractivity contribution is 0.0950. The van der Waals surface area contributed by atoms with Crippen LogP contribution in [0.3, 0.4) is 0 Å². The van der Waals surface area contributed by atoms with Gasteiger partial charge in [0.1, 0.15) is 12.1 Å². The van der Waals surface area contributed by atoms with E-state index < -0.39 is 0 Å². The molecule has 18 heavy (non-hydrogen) atoms. The molecule has 0 bridgehead atoms. The Morgan fingerprint density at radius 2 is 2.28 bits per heavy atom. The van der Waals surface area contributed by atoms with E-state index in [-0.39, 0.29) is 16.7 Å². The number of halogens is 1. The number of anilines is 1. The zero-order valence-corrected chi connectivity index (χ0v) is 10.1. The monoisotopic (exact) mass is 263 g/mol. The van der Waals surface area contributed by atoms with Crippen molar-refractivity contribution in [1.82, 2.24) is 20.3 Å². The zero-order valence-electron chi connectivity index (χ0n) is 9.30. The molecule has 0 saturated heterocycles. The van der Waals surface area contributed by atoms with E-state index in [9.17, 15) is 4.79 Å². The van der Waals surface area contributed by atoms with Gasteiger partial charge in [-0.05, 0) is 12.1 Å². The van der Waals surface area contributed by atoms with Crippen LogP contribution in [-0.2, 0) is 6.54 Å². The number of carbonyl (C=O) groups excluding carboxylic acids is 1. The van der Waals surface area contributed by atoms with E-state index in [4.69, 9.17) is 17.3 Å². The minimum atomic E-state index is -0.289. The molecule has 0 unspecified atom stereocenters. The summed E-state index contributed by atoms with van der Waals surface area (Å²) < 4.78 is 0. The number of hydrogen-bond donors (Lipinski definition) is 2. The topological polar surface area (TPSA) is 93.8 Å². The maximum Gasteiger partial charge on any atom is 0.253 e. The van der Waals surface area contributed by atoms with E-state index in [2.05, 4.69) is 20.3 Å². The Morgan fingerprint density at radius 3 is 2.94 bits per heavy atom. The summed E-state index contributed by atoms with van der Waals surface area (Å²) in [5, 5.41) is 2.95. The number of hydrogen-bond acceptors (Lipinski definition) is 5. The lowest BCUT2D eigenvalue weighted by Gasteiger charge is -2.05. The van der Waals surface area contributed by atoms with Crippen molar-refractivity contribution in [3.63, 3.8) is 0 Å². The van der Waals surface area contributed by atoms with Crippen LogP contribution in [0.25, 0.3) is 0 Å². The SMILES string of the molecule is Nc1ncc(C(=O)NCc2ccncn2)cc1Cl. The van der Waals surface area contributed by atoms with Crippen LogP contribution in [0.1, 0.15) is 16.1 Å². The number of nitrogens with two attached hydrogens (primary N) is 1. The van der Waals surface area contributed by atoms with Crippen molar-refractivity contribution in [2.24, 2.45) is 0 Å². The lowest BCUT2D eigenvalue weighted by Crippen LogP contribution is -2.23. The van der Waals surface area contributed by atoms with E-state index >= 15 is 0 Å². The number of aromatic nitrogens is 3. The highest BCUT2D eigenvalue weighted by Gasteiger charge is 2.08. The number of carbonyl (C=O) groups is 1. The summed E-state index contributed by atoms with van der Waals surface area (Å²) in [7, 11) is 0. The molecule has 3 N–H and O–H groups in total. The van der Waals surface area contributed by atoms with Crippen molar-refractivity contribution >= 4 is 23.3 Å². The normalized spacial score (nSPS) is 10.1. The highest BCUT2D eigenvalue weighted by Crippen LogP contribution is 2.16. The second kappa shape index (κ2) is 5.42. The van der Waals surface area contributed by atoms with Gasteiger partial charge < -0.3 is 11.1 Å². The fourth-order valence-electron chi connectivity index (χ4n) is 1.27. The van der Waals surface area contributed by atoms with E-state index in [1.165, 1.54) is 18.6 Å². The summed E-state index contributed by atoms with van der Waals surface area (Å²) in [6.07, 6.45) is 4.40. The molecule has 0 aliphatic rings. The molecule has 0 aliphatic carbocycles. The number of rotatable bonds is 3. The van der Waals surface area contributed by atoms with Crippen LogP contribution < -0.4 is 11.1 Å². The molecule has 92 valence electrons. The van der Waals surface area contributed by atoms with Crippen LogP contribution in [0, 0.1) is 0 Å². The van der Waals surface area contributed by atoms with E-state index in [0.717, 1.165) is 0 Å². The van der Waals surface area contributed by atoms with Crippen molar-refractivity contribution in [2.45, 2.75) is 6.54 Å². The predicted octanol–water partition coefficient (Wildman–Crippen LogP) is 1.04. The average molecular weight is 264 g/mol. The lowest BCUT2D eigenvalue weighted by atomic mass is 10.2. The Kier molecular flexibility index (Phi) is 3.69. The minimum Gasteiger partial charge on any atom is -0.382 e. The third kappa shape index (κ3) is 2.92. The van der Waals surface area contributed by atoms with Crippen LogP contribution >= 0.6 is 11.6 Å². The molecule has 2 aromatic heterocycles. The largest absolute Gasteiger partial charge is 0.382 e. The van der Waals surface area contributed by atoms with Crippen LogP contribution in [0.2, 0.25) is 5.02 Å². The molecule has 2 heterocycles. The first-order valence-electron chi connectivity index (χ1n) is 5.11. The van der Waals surface area contributed by atoms with Gasteiger partial charge in [-0.3, -0.25) is 4.79 Å². The van der Waals surface area contributed by atoms with Gasteiger partial charge in [0.25, 0.3) is 5.91 Å². The standard InChI is InChI=1S/C11H10ClN5O/c12-9-3-7(4-15-10(9)13)11(18)16-5-8-1-2-14-6-17-8/h1-4,6H,5H2,(H2,13,15)(H,16,18). The Morgan fingerprint density at radius 1 is 1.44 bits per heavy atom. The molecule has 0 aromatic carbocycles. The van der Waals surface area contributed by atoms with Gasteiger partial charge in [0, 0.05) is 12.4 Å². The Bertz CT molecular complexity index is 561. The highest BCUT2D eigenvalue weighted by molar-refractivity contribution is 6.33. The van der Waals surface area contributed by atoms with Crippen LogP contribution in [0.15, 0.2) is 30.9 Å². The van der Waals surface area contributed by atoms with Crippen LogP contribution in [0.4, 0.5) is 5.82 Å². The van der Waals surface area contributed by atoms with Crippen LogP contribution in [-0.4, -0.2) is 20.9 Å². The van der Waals surface area contributed by atoms with E-state index in [1.807, 2.05) is 0 Å². The van der Waals surface area contributed by atoms with Gasteiger partial charge in [-0.25, -0.2) is 15.0 Å². The predicted molar refractivity (Wildman–Crippen MR) is 66.9 cm³/mol. The summed E-state index contributed by atoms with van der Waals surface area (Å²) in [6, 6.07) is 3.19. The van der Waals surface area contributed by atoms with Crippen molar-refractivity contribution in [2.75, 3.05) is 5.73 Å². The van der Waals surface area contributed by atoms with Gasteiger partial charge in [0.05, 0.1) is 22.8 Å². The molecule has 6 nitrogen and oxygen atoms in total. The second-order valence-corrected chi connectivity index (χ2v) is 3.88. The summed E-state index contributed by atoms with van der Waals surface area (Å²) in [6.45, 7) is 0.309. The molecule has 0 aliphatic heterocycles. The van der Waals surface area contributed by atoms with Gasteiger partial charge in [0.2, 0.25) is 0 Å². The van der Waals surface area contributed by atoms with Crippen molar-refractivity contribution < 1.29 is 4.79 Å². The fourth-order valence-corrected chi connectivity index (χ4v) is 1.43. The Labute approximate surface area is 108 Å². The maximum atomic E-state index is 11.8. The third-order valence-electron chi connectivity index (χ3n) is 2.21. The first-order valence-corrected chi connectivity index (χ1v) is 5.48. The molecule has 0 atom stereocenters. The molecule has 7 heteroatoms. The summed E-state index contributed by atoms with van der Waals surface area (Å²) in [5.41, 5.74) is 6.53. The van der Waals surface area contributed by atoms with Crippen molar-refractivity contribution in [3.05, 3.63) is 47.1 Å². The number of nitrogen functional groups attached to an aromatic ring is 1. The maximum absolute atomic E-state index is 11.8. The molecular weight excluding hydrogens is 254 g/mol. The van der Waals surface area contributed by atoms with Gasteiger partial charge in [0.15, 0.2) is 0 Å². The van der Waals surface area contributed by atoms with Crippen molar-refractivity contribution in [1.29, 1.82) is 0 Å². The van der Waals surface area contributed by atoms with Gasteiger partial charge in [-0.2, -0.15) is 0 Å². The summed E-state index contributed by atoms with van der Waals surface area (Å²) in [4.78, 5) is 23.4. The third-order valence-corrected chi connectivity index (χ3v) is 2.51. The molecular formula is C11H10ClN5O. The first-order chi connectivity index (χ1) is 8.66. The first kappa shape index (κ1) is 12.3. The van der Waals surface area contributed by atoms with Crippen LogP contribution in [0.5, 0.6) is 0 Å². The van der Waals surface area contributed by atoms with E-state index in [1.54, 1.807) is 12.3 Å². The quantitative estimate of drug-likeness (QED) is 0.863. The van der Waals surface area contributed by atoms with Gasteiger partial charge in [-0.1, -0.05) is 11.6 Å². The Hall–Kier alpha value is -2.21. The molecule has 0 fully saturated rings. The number of pyridine rings is 1. The molecule has 0 radical (unpaired) electrons. The minimum absolute atomic E-state index is 0.198. The number of amides is 1. The smallest absolute Gasteiger partial charge is 0.253 e. The number of nitrogens with one attached hydrogen (secondary N) is 1. The van der Waals surface area contributed by atoms with E-state index in [0.29, 0.717) is 17.8 Å². The average Bonchev–Trinajstić information content (AvgIpc) is 2.40. The zero-order chi connectivity index (χ0) is 13.0. The molecule has 2 aromatic rings. The van der Waals surface area contributed by atoms with Crippen molar-refractivity contribution in [3.8, 4) is 0 Å². The van der Waals surface area contributed by atoms with Gasteiger partial charge in [-0.15, -0.1) is 0 Å². The molecule has 2 rings (SSSR count). The van der Waals surface area contributed by atoms with Gasteiger partial charge >= 0.3 is 0 Å². The molecule has 1 amide bonds.